The van der Waals surface area contributed by atoms with Gasteiger partial charge in [-0.1, -0.05) is 53.5 Å². The normalized spacial score (nSPS) is 14.3. The lowest BCUT2D eigenvalue weighted by Crippen LogP contribution is -2.31. The first-order valence-electron chi connectivity index (χ1n) is 13.2. The molecule has 9 nitrogen and oxygen atoms in total. The van der Waals surface area contributed by atoms with Crippen LogP contribution in [-0.2, 0) is 35.1 Å². The molecular weight excluding hydrogens is 601 g/mol. The smallest absolute Gasteiger partial charge is 0.396 e. The van der Waals surface area contributed by atoms with Crippen molar-refractivity contribution < 1.29 is 22.0 Å². The number of urea groups is 1. The molecule has 2 N–H and O–H groups in total. The second-order valence-corrected chi connectivity index (χ2v) is 13.0. The molecule has 1 aliphatic rings. The Labute approximate surface area is 253 Å². The maximum atomic E-state index is 13.2. The molecule has 42 heavy (non-hydrogen) atoms. The fourth-order valence-electron chi connectivity index (χ4n) is 4.96. The highest BCUT2D eigenvalue weighted by molar-refractivity contribution is 7.90. The molecule has 0 saturated carbocycles. The Hall–Kier alpha value is -3.57. The topological polar surface area (TPSA) is 122 Å². The molecule has 12 heteroatoms. The third-order valence-corrected chi connectivity index (χ3v) is 9.73. The summed E-state index contributed by atoms with van der Waals surface area (Å²) < 4.78 is 36.4. The number of aryl methyl sites for hydroxylation is 1. The summed E-state index contributed by atoms with van der Waals surface area (Å²) in [7, 11) is -3.62. The number of amides is 2. The Balaban J connectivity index is 1.18. The Kier molecular flexibility index (Phi) is 8.79. The van der Waals surface area contributed by atoms with Crippen molar-refractivity contribution in [3.63, 3.8) is 0 Å². The first-order chi connectivity index (χ1) is 20.0. The molecule has 0 fully saturated rings. The molecule has 0 aliphatic carbocycles. The van der Waals surface area contributed by atoms with Crippen molar-refractivity contribution in [2.24, 2.45) is 0 Å². The molecule has 220 valence electrons. The van der Waals surface area contributed by atoms with Gasteiger partial charge in [-0.15, -0.1) is 0 Å². The third kappa shape index (κ3) is 6.90. The summed E-state index contributed by atoms with van der Waals surface area (Å²) in [5, 5.41) is 6.28. The monoisotopic (exact) mass is 629 g/mol. The average Bonchev–Trinajstić information content (AvgIpc) is 3.26. The van der Waals surface area contributed by atoms with Crippen LogP contribution in [-0.4, -0.2) is 25.9 Å². The zero-order valence-electron chi connectivity index (χ0n) is 22.9. The number of rotatable bonds is 8. The Morgan fingerprint density at radius 1 is 1.05 bits per heavy atom. The average molecular weight is 631 g/mol. The van der Waals surface area contributed by atoms with Crippen LogP contribution in [0.2, 0.25) is 10.0 Å². The SMILES string of the molecule is Cc1oc(=O)oc1CN1CCc2cc(CS(=O)(=O)c3ccc(NC(=O)N[C@@H](C)c4cccc(Cl)c4Cl)cc3)ccc2C1. The number of carbonyl (C=O) groups excluding carboxylic acids is 1. The summed E-state index contributed by atoms with van der Waals surface area (Å²) in [5.74, 6) is 0.152. The number of hydrogen-bond donors (Lipinski definition) is 2. The van der Waals surface area contributed by atoms with Crippen LogP contribution in [0.3, 0.4) is 0 Å². The predicted octanol–water partition coefficient (Wildman–Crippen LogP) is 6.26. The van der Waals surface area contributed by atoms with E-state index in [4.69, 9.17) is 32.0 Å². The highest BCUT2D eigenvalue weighted by Gasteiger charge is 2.22. The van der Waals surface area contributed by atoms with Gasteiger partial charge in [0.1, 0.15) is 5.76 Å². The van der Waals surface area contributed by atoms with Crippen molar-refractivity contribution in [1.29, 1.82) is 0 Å². The lowest BCUT2D eigenvalue weighted by Gasteiger charge is -2.28. The van der Waals surface area contributed by atoms with Crippen molar-refractivity contribution in [2.75, 3.05) is 11.9 Å². The van der Waals surface area contributed by atoms with Gasteiger partial charge in [0.15, 0.2) is 15.6 Å². The summed E-state index contributed by atoms with van der Waals surface area (Å²) in [6.07, 6.45) is 0.745. The van der Waals surface area contributed by atoms with Crippen molar-refractivity contribution >= 4 is 44.8 Å². The maximum Gasteiger partial charge on any atom is 0.519 e. The first kappa shape index (κ1) is 29.9. The van der Waals surface area contributed by atoms with Gasteiger partial charge in [-0.25, -0.2) is 18.0 Å². The molecule has 2 amide bonds. The molecule has 2 heterocycles. The van der Waals surface area contributed by atoms with E-state index in [9.17, 15) is 18.0 Å². The van der Waals surface area contributed by atoms with Crippen LogP contribution < -0.4 is 16.5 Å². The minimum Gasteiger partial charge on any atom is -0.396 e. The molecule has 0 saturated heterocycles. The van der Waals surface area contributed by atoms with E-state index in [2.05, 4.69) is 15.5 Å². The molecule has 0 radical (unpaired) electrons. The Morgan fingerprint density at radius 2 is 1.81 bits per heavy atom. The number of anilines is 1. The Morgan fingerprint density at radius 3 is 2.52 bits per heavy atom. The second kappa shape index (κ2) is 12.3. The van der Waals surface area contributed by atoms with Crippen LogP contribution >= 0.6 is 23.2 Å². The van der Waals surface area contributed by atoms with Crippen molar-refractivity contribution in [2.45, 2.75) is 50.0 Å². The number of hydrogen-bond acceptors (Lipinski definition) is 7. The van der Waals surface area contributed by atoms with Crippen molar-refractivity contribution in [3.05, 3.63) is 115 Å². The fraction of sp³-hybridized carbons (Fsp3) is 0.267. The van der Waals surface area contributed by atoms with Crippen LogP contribution in [0.5, 0.6) is 0 Å². The third-order valence-electron chi connectivity index (χ3n) is 7.19. The van der Waals surface area contributed by atoms with Gasteiger partial charge in [-0.3, -0.25) is 4.90 Å². The molecular formula is C30H29Cl2N3O6S. The Bertz CT molecular complexity index is 1780. The molecule has 1 atom stereocenters. The summed E-state index contributed by atoms with van der Waals surface area (Å²) >= 11 is 12.3. The lowest BCUT2D eigenvalue weighted by molar-refractivity contribution is 0.222. The van der Waals surface area contributed by atoms with Crippen molar-refractivity contribution in [1.82, 2.24) is 10.2 Å². The van der Waals surface area contributed by atoms with Crippen LogP contribution in [0.1, 0.15) is 46.7 Å². The summed E-state index contributed by atoms with van der Waals surface area (Å²) in [6, 6.07) is 16.1. The van der Waals surface area contributed by atoms with Gasteiger partial charge >= 0.3 is 11.9 Å². The zero-order chi connectivity index (χ0) is 30.0. The van der Waals surface area contributed by atoms with Gasteiger partial charge < -0.3 is 19.5 Å². The van der Waals surface area contributed by atoms with E-state index in [0.717, 1.165) is 24.1 Å². The molecule has 0 unspecified atom stereocenters. The van der Waals surface area contributed by atoms with Crippen molar-refractivity contribution in [3.8, 4) is 0 Å². The standard InChI is InChI=1S/C30H29Cl2N3O6S/c1-18(25-4-3-5-26(31)28(25)32)33-29(36)34-23-8-10-24(11-9-23)42(38,39)17-20-6-7-22-15-35(13-12-21(22)14-20)16-27-19(2)40-30(37)41-27/h3-11,14,18H,12-13,15-17H2,1-2H3,(H2,33,34,36)/t18-/m0/s1. The number of nitrogens with one attached hydrogen (secondary N) is 2. The highest BCUT2D eigenvalue weighted by atomic mass is 35.5. The van der Waals surface area contributed by atoms with Crippen LogP contribution in [0.15, 0.2) is 79.2 Å². The molecule has 0 bridgehead atoms. The van der Waals surface area contributed by atoms with Gasteiger partial charge in [-0.05, 0) is 72.9 Å². The lowest BCUT2D eigenvalue weighted by atomic mass is 9.97. The molecule has 1 aromatic heterocycles. The molecule has 1 aliphatic heterocycles. The predicted molar refractivity (Wildman–Crippen MR) is 161 cm³/mol. The van der Waals surface area contributed by atoms with Crippen LogP contribution in [0.25, 0.3) is 0 Å². The number of nitrogens with zero attached hydrogens (tertiary/aromatic N) is 1. The van der Waals surface area contributed by atoms with E-state index in [1.165, 1.54) is 12.1 Å². The molecule has 5 rings (SSSR count). The number of sulfone groups is 1. The van der Waals surface area contributed by atoms with E-state index in [0.29, 0.717) is 51.5 Å². The van der Waals surface area contributed by atoms with Crippen LogP contribution in [0, 0.1) is 6.92 Å². The number of fused-ring (bicyclic) bond motifs is 1. The quantitative estimate of drug-likeness (QED) is 0.236. The zero-order valence-corrected chi connectivity index (χ0v) is 25.3. The minimum atomic E-state index is -3.62. The van der Waals surface area contributed by atoms with E-state index < -0.39 is 27.7 Å². The van der Waals surface area contributed by atoms with Crippen LogP contribution in [0.4, 0.5) is 10.5 Å². The molecule has 4 aromatic rings. The van der Waals surface area contributed by atoms with Gasteiger partial charge in [0.05, 0.1) is 33.3 Å². The van der Waals surface area contributed by atoms with Gasteiger partial charge in [0, 0.05) is 18.8 Å². The van der Waals surface area contributed by atoms with Gasteiger partial charge in [0.25, 0.3) is 0 Å². The van der Waals surface area contributed by atoms with E-state index in [1.54, 1.807) is 44.2 Å². The van der Waals surface area contributed by atoms with E-state index in [1.807, 2.05) is 18.2 Å². The minimum absolute atomic E-state index is 0.144. The van der Waals surface area contributed by atoms with Gasteiger partial charge in [0.2, 0.25) is 0 Å². The number of carbonyl (C=O) groups is 1. The molecule has 0 spiro atoms. The molecule has 3 aromatic carbocycles. The van der Waals surface area contributed by atoms with E-state index >= 15 is 0 Å². The summed E-state index contributed by atoms with van der Waals surface area (Å²) in [4.78, 5) is 26.2. The maximum absolute atomic E-state index is 13.2. The number of benzene rings is 3. The summed E-state index contributed by atoms with van der Waals surface area (Å²) in [5.41, 5.74) is 4.03. The van der Waals surface area contributed by atoms with E-state index in [-0.39, 0.29) is 10.6 Å². The fourth-order valence-corrected chi connectivity index (χ4v) is 6.76. The number of halogens is 2. The second-order valence-electron chi connectivity index (χ2n) is 10.2. The largest absolute Gasteiger partial charge is 0.519 e. The van der Waals surface area contributed by atoms with Gasteiger partial charge in [-0.2, -0.15) is 0 Å². The first-order valence-corrected chi connectivity index (χ1v) is 15.7. The highest BCUT2D eigenvalue weighted by Crippen LogP contribution is 2.30. The summed E-state index contributed by atoms with van der Waals surface area (Å²) in [6.45, 7) is 5.35.